The van der Waals surface area contributed by atoms with Gasteiger partial charge in [0.05, 0.1) is 17.8 Å². The third-order valence-corrected chi connectivity index (χ3v) is 4.61. The second-order valence-electron chi connectivity index (χ2n) is 4.25. The first-order chi connectivity index (χ1) is 7.90. The summed E-state index contributed by atoms with van der Waals surface area (Å²) in [5.41, 5.74) is 6.26. The summed E-state index contributed by atoms with van der Waals surface area (Å²) in [6.07, 6.45) is 0. The van der Waals surface area contributed by atoms with Gasteiger partial charge >= 0.3 is 0 Å². The lowest BCUT2D eigenvalue weighted by molar-refractivity contribution is 0.411. The monoisotopic (exact) mass is 257 g/mol. The standard InChI is InChI=1S/C12H19NO3S/c1-9(7-13)8-17(14,15)11-4-5-12(16-3)10(2)6-11/h4-6,9H,7-8,13H2,1-3H3. The number of hydrogen-bond acceptors (Lipinski definition) is 4. The highest BCUT2D eigenvalue weighted by molar-refractivity contribution is 7.91. The molecule has 2 N–H and O–H groups in total. The van der Waals surface area contributed by atoms with E-state index in [-0.39, 0.29) is 11.7 Å². The number of nitrogens with two attached hydrogens (primary N) is 1. The van der Waals surface area contributed by atoms with Gasteiger partial charge in [-0.2, -0.15) is 0 Å². The molecule has 5 heteroatoms. The second-order valence-corrected chi connectivity index (χ2v) is 6.29. The fraction of sp³-hybridized carbons (Fsp3) is 0.500. The van der Waals surface area contributed by atoms with E-state index in [2.05, 4.69) is 0 Å². The van der Waals surface area contributed by atoms with Gasteiger partial charge in [-0.05, 0) is 43.1 Å². The lowest BCUT2D eigenvalue weighted by Crippen LogP contribution is -2.21. The molecule has 1 aromatic carbocycles. The molecule has 1 atom stereocenters. The lowest BCUT2D eigenvalue weighted by Gasteiger charge is -2.11. The molecule has 1 aromatic rings. The van der Waals surface area contributed by atoms with Crippen LogP contribution in [-0.2, 0) is 9.84 Å². The SMILES string of the molecule is COc1ccc(S(=O)(=O)CC(C)CN)cc1C. The number of aryl methyl sites for hydroxylation is 1. The first kappa shape index (κ1) is 14.0. The third-order valence-electron chi connectivity index (χ3n) is 2.63. The molecule has 0 saturated heterocycles. The molecule has 4 nitrogen and oxygen atoms in total. The summed E-state index contributed by atoms with van der Waals surface area (Å²) in [5.74, 6) is 0.730. The maximum absolute atomic E-state index is 12.1. The van der Waals surface area contributed by atoms with Gasteiger partial charge in [0.1, 0.15) is 5.75 Å². The minimum Gasteiger partial charge on any atom is -0.496 e. The van der Waals surface area contributed by atoms with Crippen LogP contribution in [0.1, 0.15) is 12.5 Å². The van der Waals surface area contributed by atoms with Gasteiger partial charge in [-0.25, -0.2) is 8.42 Å². The third kappa shape index (κ3) is 3.44. The molecule has 0 saturated carbocycles. The number of hydrogen-bond donors (Lipinski definition) is 1. The highest BCUT2D eigenvalue weighted by Gasteiger charge is 2.18. The Hall–Kier alpha value is -1.07. The summed E-state index contributed by atoms with van der Waals surface area (Å²) >= 11 is 0. The van der Waals surface area contributed by atoms with Crippen molar-refractivity contribution in [1.82, 2.24) is 0 Å². The quantitative estimate of drug-likeness (QED) is 0.865. The molecule has 1 rings (SSSR count). The maximum atomic E-state index is 12.1. The number of sulfone groups is 1. The fourth-order valence-corrected chi connectivity index (χ4v) is 3.29. The van der Waals surface area contributed by atoms with Crippen LogP contribution in [-0.4, -0.2) is 27.8 Å². The highest BCUT2D eigenvalue weighted by Crippen LogP contribution is 2.22. The minimum atomic E-state index is -3.25. The summed E-state index contributed by atoms with van der Waals surface area (Å²) in [5, 5.41) is 0. The van der Waals surface area contributed by atoms with Crippen LogP contribution in [0.25, 0.3) is 0 Å². The van der Waals surface area contributed by atoms with Gasteiger partial charge in [-0.3, -0.25) is 0 Å². The van der Waals surface area contributed by atoms with Gasteiger partial charge < -0.3 is 10.5 Å². The van der Waals surface area contributed by atoms with Crippen LogP contribution < -0.4 is 10.5 Å². The predicted molar refractivity (Wildman–Crippen MR) is 68.0 cm³/mol. The molecule has 96 valence electrons. The van der Waals surface area contributed by atoms with Crippen molar-refractivity contribution in [1.29, 1.82) is 0 Å². The topological polar surface area (TPSA) is 69.4 Å². The normalized spacial score (nSPS) is 13.4. The molecular formula is C12H19NO3S. The Labute approximate surface area is 103 Å². The van der Waals surface area contributed by atoms with E-state index in [1.165, 1.54) is 0 Å². The van der Waals surface area contributed by atoms with Gasteiger partial charge in [0.2, 0.25) is 0 Å². The van der Waals surface area contributed by atoms with E-state index < -0.39 is 9.84 Å². The lowest BCUT2D eigenvalue weighted by atomic mass is 10.2. The Morgan fingerprint density at radius 1 is 1.41 bits per heavy atom. The average Bonchev–Trinajstić information content (AvgIpc) is 2.28. The number of ether oxygens (including phenoxy) is 1. The highest BCUT2D eigenvalue weighted by atomic mass is 32.2. The van der Waals surface area contributed by atoms with Gasteiger partial charge in [0, 0.05) is 0 Å². The Morgan fingerprint density at radius 3 is 2.53 bits per heavy atom. The van der Waals surface area contributed by atoms with E-state index in [0.29, 0.717) is 17.2 Å². The molecule has 0 bridgehead atoms. The van der Waals surface area contributed by atoms with Crippen molar-refractivity contribution in [2.24, 2.45) is 11.7 Å². The van der Waals surface area contributed by atoms with Crippen LogP contribution in [0.5, 0.6) is 5.75 Å². The van der Waals surface area contributed by atoms with E-state index >= 15 is 0 Å². The van der Waals surface area contributed by atoms with E-state index in [9.17, 15) is 8.42 Å². The Bertz CT molecular complexity index is 483. The van der Waals surface area contributed by atoms with Crippen LogP contribution in [0.2, 0.25) is 0 Å². The Kier molecular flexibility index (Phi) is 4.54. The van der Waals surface area contributed by atoms with Gasteiger partial charge in [-0.15, -0.1) is 0 Å². The number of rotatable bonds is 5. The van der Waals surface area contributed by atoms with Crippen LogP contribution in [0, 0.1) is 12.8 Å². The number of methoxy groups -OCH3 is 1. The Balaban J connectivity index is 3.04. The van der Waals surface area contributed by atoms with Crippen LogP contribution in [0.4, 0.5) is 0 Å². The van der Waals surface area contributed by atoms with E-state index in [0.717, 1.165) is 5.56 Å². The molecule has 1 unspecified atom stereocenters. The zero-order valence-corrected chi connectivity index (χ0v) is 11.3. The van der Waals surface area contributed by atoms with Crippen LogP contribution in [0.15, 0.2) is 23.1 Å². The minimum absolute atomic E-state index is 0.0394. The summed E-state index contributed by atoms with van der Waals surface area (Å²) in [6, 6.07) is 4.89. The predicted octanol–water partition coefficient (Wildman–Crippen LogP) is 1.37. The zero-order valence-electron chi connectivity index (χ0n) is 10.4. The largest absolute Gasteiger partial charge is 0.496 e. The number of benzene rings is 1. The van der Waals surface area contributed by atoms with E-state index in [1.54, 1.807) is 25.3 Å². The maximum Gasteiger partial charge on any atom is 0.178 e. The summed E-state index contributed by atoms with van der Waals surface area (Å²) in [7, 11) is -1.69. The average molecular weight is 257 g/mol. The molecule has 0 aliphatic carbocycles. The van der Waals surface area contributed by atoms with Crippen molar-refractivity contribution in [3.63, 3.8) is 0 Å². The van der Waals surface area contributed by atoms with Crippen LogP contribution in [0.3, 0.4) is 0 Å². The second kappa shape index (κ2) is 5.51. The molecule has 0 heterocycles. The molecule has 0 amide bonds. The van der Waals surface area contributed by atoms with Crippen molar-refractivity contribution in [3.05, 3.63) is 23.8 Å². The summed E-state index contributed by atoms with van der Waals surface area (Å²) in [6.45, 7) is 4.02. The van der Waals surface area contributed by atoms with Crippen molar-refractivity contribution >= 4 is 9.84 Å². The zero-order chi connectivity index (χ0) is 13.1. The van der Waals surface area contributed by atoms with Gasteiger partial charge in [0.25, 0.3) is 0 Å². The smallest absolute Gasteiger partial charge is 0.178 e. The van der Waals surface area contributed by atoms with Crippen molar-refractivity contribution in [3.8, 4) is 5.75 Å². The van der Waals surface area contributed by atoms with Gasteiger partial charge in [0.15, 0.2) is 9.84 Å². The fourth-order valence-electron chi connectivity index (χ4n) is 1.58. The molecule has 17 heavy (non-hydrogen) atoms. The first-order valence-corrected chi connectivity index (χ1v) is 7.13. The first-order valence-electron chi connectivity index (χ1n) is 5.48. The van der Waals surface area contributed by atoms with Crippen molar-refractivity contribution < 1.29 is 13.2 Å². The van der Waals surface area contributed by atoms with Crippen LogP contribution >= 0.6 is 0 Å². The Morgan fingerprint density at radius 2 is 2.06 bits per heavy atom. The molecular weight excluding hydrogens is 238 g/mol. The molecule has 0 radical (unpaired) electrons. The van der Waals surface area contributed by atoms with Gasteiger partial charge in [-0.1, -0.05) is 6.92 Å². The molecule has 0 spiro atoms. The molecule has 0 aliphatic rings. The van der Waals surface area contributed by atoms with Crippen molar-refractivity contribution in [2.45, 2.75) is 18.7 Å². The summed E-state index contributed by atoms with van der Waals surface area (Å²) < 4.78 is 29.2. The van der Waals surface area contributed by atoms with E-state index in [1.807, 2.05) is 13.8 Å². The molecule has 0 aromatic heterocycles. The molecule has 0 aliphatic heterocycles. The molecule has 0 fully saturated rings. The summed E-state index contributed by atoms with van der Waals surface area (Å²) in [4.78, 5) is 0.330. The van der Waals surface area contributed by atoms with Crippen molar-refractivity contribution in [2.75, 3.05) is 19.4 Å². The van der Waals surface area contributed by atoms with E-state index in [4.69, 9.17) is 10.5 Å².